The number of hydrogen-bond acceptors (Lipinski definition) is 4. The number of pyridine rings is 1. The Morgan fingerprint density at radius 2 is 2.10 bits per heavy atom. The molecule has 1 heterocycles. The summed E-state index contributed by atoms with van der Waals surface area (Å²) in [5.41, 5.74) is 5.15. The lowest BCUT2D eigenvalue weighted by molar-refractivity contribution is -0.122. The smallest absolute Gasteiger partial charge is 0.270 e. The lowest BCUT2D eigenvalue weighted by Crippen LogP contribution is -2.29. The number of nitrogens with one attached hydrogen (secondary N) is 1. The zero-order valence-electron chi connectivity index (χ0n) is 11.1. The summed E-state index contributed by atoms with van der Waals surface area (Å²) in [4.78, 5) is 26.5. The van der Waals surface area contributed by atoms with Crippen molar-refractivity contribution in [3.63, 3.8) is 0 Å². The monoisotopic (exact) mass is 307 g/mol. The lowest BCUT2D eigenvalue weighted by Gasteiger charge is -2.07. The number of ether oxygens (including phenoxy) is 1. The molecule has 21 heavy (non-hydrogen) atoms. The van der Waals surface area contributed by atoms with Gasteiger partial charge in [0.05, 0.1) is 6.61 Å². The Morgan fingerprint density at radius 3 is 2.86 bits per heavy atom. The molecule has 0 aliphatic heterocycles. The van der Waals surface area contributed by atoms with Gasteiger partial charge in [-0.25, -0.2) is 4.98 Å². The molecule has 0 saturated heterocycles. The van der Waals surface area contributed by atoms with E-state index < -0.39 is 5.91 Å². The van der Waals surface area contributed by atoms with Crippen molar-refractivity contribution >= 4 is 34.2 Å². The topological polar surface area (TPSA) is 94.3 Å². The molecule has 1 aromatic heterocycles. The molecule has 7 heteroatoms. The predicted molar refractivity (Wildman–Crippen MR) is 79.1 cm³/mol. The van der Waals surface area contributed by atoms with E-state index in [1.165, 1.54) is 0 Å². The van der Waals surface area contributed by atoms with Gasteiger partial charge in [-0.05, 0) is 11.5 Å². The van der Waals surface area contributed by atoms with Gasteiger partial charge in [0.15, 0.2) is 0 Å². The highest BCUT2D eigenvalue weighted by atomic mass is 35.5. The van der Waals surface area contributed by atoms with Crippen molar-refractivity contribution < 1.29 is 14.3 Å². The van der Waals surface area contributed by atoms with Gasteiger partial charge in [-0.15, -0.1) is 0 Å². The second-order valence-corrected chi connectivity index (χ2v) is 4.65. The van der Waals surface area contributed by atoms with Crippen LogP contribution in [-0.2, 0) is 9.53 Å². The van der Waals surface area contributed by atoms with Gasteiger partial charge in [-0.3, -0.25) is 9.59 Å². The van der Waals surface area contributed by atoms with Crippen molar-refractivity contribution in [1.82, 2.24) is 10.3 Å². The van der Waals surface area contributed by atoms with E-state index >= 15 is 0 Å². The second kappa shape index (κ2) is 7.01. The number of primary amides is 1. The number of aromatic nitrogens is 1. The summed E-state index contributed by atoms with van der Waals surface area (Å²) in [5.74, 6) is -0.908. The Morgan fingerprint density at radius 1 is 1.33 bits per heavy atom. The van der Waals surface area contributed by atoms with Gasteiger partial charge < -0.3 is 15.8 Å². The Hall–Kier alpha value is -2.18. The maximum absolute atomic E-state index is 12.0. The fourth-order valence-corrected chi connectivity index (χ4v) is 2.04. The van der Waals surface area contributed by atoms with Crippen molar-refractivity contribution in [1.29, 1.82) is 0 Å². The highest BCUT2D eigenvalue weighted by Gasteiger charge is 2.10. The molecule has 2 rings (SSSR count). The molecule has 3 N–H and O–H groups in total. The molecule has 2 amide bonds. The van der Waals surface area contributed by atoms with E-state index in [1.807, 2.05) is 24.3 Å². The minimum absolute atomic E-state index is 0.171. The SMILES string of the molecule is NC(=O)COCCNC(=O)c1cc2ccccc2c(Cl)n1. The maximum atomic E-state index is 12.0. The molecule has 2 aromatic rings. The zero-order chi connectivity index (χ0) is 15.2. The van der Waals surface area contributed by atoms with Crippen molar-refractivity contribution in [3.8, 4) is 0 Å². The van der Waals surface area contributed by atoms with Crippen molar-refractivity contribution in [2.75, 3.05) is 19.8 Å². The summed E-state index contributed by atoms with van der Waals surface area (Å²) in [7, 11) is 0. The summed E-state index contributed by atoms with van der Waals surface area (Å²) < 4.78 is 4.94. The van der Waals surface area contributed by atoms with E-state index in [2.05, 4.69) is 10.3 Å². The number of carbonyl (C=O) groups excluding carboxylic acids is 2. The fourth-order valence-electron chi connectivity index (χ4n) is 1.77. The highest BCUT2D eigenvalue weighted by Crippen LogP contribution is 2.22. The van der Waals surface area contributed by atoms with Gasteiger partial charge in [0, 0.05) is 11.9 Å². The molecule has 0 aliphatic carbocycles. The summed E-state index contributed by atoms with van der Waals surface area (Å²) >= 11 is 6.06. The molecule has 110 valence electrons. The lowest BCUT2D eigenvalue weighted by atomic mass is 10.1. The summed E-state index contributed by atoms with van der Waals surface area (Å²) in [5, 5.41) is 4.54. The van der Waals surface area contributed by atoms with Crippen LogP contribution in [0.2, 0.25) is 5.15 Å². The summed E-state index contributed by atoms with van der Waals surface area (Å²) in [6, 6.07) is 9.07. The summed E-state index contributed by atoms with van der Waals surface area (Å²) in [6.07, 6.45) is 0. The number of halogens is 1. The van der Waals surface area contributed by atoms with E-state index in [0.29, 0.717) is 0 Å². The minimum atomic E-state index is -0.552. The molecule has 0 radical (unpaired) electrons. The van der Waals surface area contributed by atoms with E-state index in [4.69, 9.17) is 22.1 Å². The fraction of sp³-hybridized carbons (Fsp3) is 0.214. The second-order valence-electron chi connectivity index (χ2n) is 4.29. The van der Waals surface area contributed by atoms with Crippen LogP contribution in [0.5, 0.6) is 0 Å². The Kier molecular flexibility index (Phi) is 5.08. The van der Waals surface area contributed by atoms with E-state index in [0.717, 1.165) is 10.8 Å². The molecule has 0 atom stereocenters. The summed E-state index contributed by atoms with van der Waals surface area (Å²) in [6.45, 7) is 0.268. The number of hydrogen-bond donors (Lipinski definition) is 2. The predicted octanol–water partition coefficient (Wildman–Crippen LogP) is 1.12. The van der Waals surface area contributed by atoms with Crippen LogP contribution in [0, 0.1) is 0 Å². The van der Waals surface area contributed by atoms with Crippen LogP contribution < -0.4 is 11.1 Å². The highest BCUT2D eigenvalue weighted by molar-refractivity contribution is 6.34. The molecule has 0 unspecified atom stereocenters. The molecule has 1 aromatic carbocycles. The number of nitrogens with two attached hydrogens (primary N) is 1. The number of carbonyl (C=O) groups is 2. The first kappa shape index (κ1) is 15.2. The van der Waals surface area contributed by atoms with E-state index in [1.54, 1.807) is 6.07 Å². The normalized spacial score (nSPS) is 10.5. The molecular formula is C14H14ClN3O3. The van der Waals surface area contributed by atoms with Crippen LogP contribution in [0.25, 0.3) is 10.8 Å². The average molecular weight is 308 g/mol. The van der Waals surface area contributed by atoms with Crippen LogP contribution in [0.15, 0.2) is 30.3 Å². The third kappa shape index (κ3) is 4.14. The van der Waals surface area contributed by atoms with Crippen molar-refractivity contribution in [3.05, 3.63) is 41.2 Å². The number of benzene rings is 1. The van der Waals surface area contributed by atoms with Gasteiger partial charge in [0.1, 0.15) is 17.5 Å². The minimum Gasteiger partial charge on any atom is -0.370 e. The van der Waals surface area contributed by atoms with Crippen molar-refractivity contribution in [2.45, 2.75) is 0 Å². The van der Waals surface area contributed by atoms with Crippen LogP contribution in [0.4, 0.5) is 0 Å². The van der Waals surface area contributed by atoms with Crippen LogP contribution >= 0.6 is 11.6 Å². The largest absolute Gasteiger partial charge is 0.370 e. The van der Waals surface area contributed by atoms with Gasteiger partial charge >= 0.3 is 0 Å². The molecule has 6 nitrogen and oxygen atoms in total. The van der Waals surface area contributed by atoms with Crippen LogP contribution in [-0.4, -0.2) is 36.6 Å². The van der Waals surface area contributed by atoms with Gasteiger partial charge in [-0.2, -0.15) is 0 Å². The third-order valence-corrected chi connectivity index (χ3v) is 2.99. The Balaban J connectivity index is 1.98. The standard InChI is InChI=1S/C14H14ClN3O3/c15-13-10-4-2-1-3-9(10)7-11(18-13)14(20)17-5-6-21-8-12(16)19/h1-4,7H,5-6,8H2,(H2,16,19)(H,17,20). The Bertz CT molecular complexity index is 676. The van der Waals surface area contributed by atoms with Crippen LogP contribution in [0.1, 0.15) is 10.5 Å². The third-order valence-electron chi connectivity index (χ3n) is 2.70. The Labute approximate surface area is 126 Å². The number of amides is 2. The van der Waals surface area contributed by atoms with E-state index in [-0.39, 0.29) is 36.5 Å². The van der Waals surface area contributed by atoms with Crippen LogP contribution in [0.3, 0.4) is 0 Å². The molecule has 0 aliphatic rings. The molecule has 0 saturated carbocycles. The van der Waals surface area contributed by atoms with Gasteiger partial charge in [-0.1, -0.05) is 35.9 Å². The van der Waals surface area contributed by atoms with Gasteiger partial charge in [0.2, 0.25) is 5.91 Å². The first-order valence-electron chi connectivity index (χ1n) is 6.27. The molecular weight excluding hydrogens is 294 g/mol. The quantitative estimate of drug-likeness (QED) is 0.617. The number of rotatable bonds is 6. The van der Waals surface area contributed by atoms with Gasteiger partial charge in [0.25, 0.3) is 5.91 Å². The van der Waals surface area contributed by atoms with E-state index in [9.17, 15) is 9.59 Å². The number of nitrogens with zero attached hydrogens (tertiary/aromatic N) is 1. The van der Waals surface area contributed by atoms with Crippen molar-refractivity contribution in [2.24, 2.45) is 5.73 Å². The molecule has 0 spiro atoms. The number of fused-ring (bicyclic) bond motifs is 1. The average Bonchev–Trinajstić information content (AvgIpc) is 2.46. The first-order valence-corrected chi connectivity index (χ1v) is 6.65. The molecule has 0 fully saturated rings. The zero-order valence-corrected chi connectivity index (χ0v) is 11.9. The molecule has 0 bridgehead atoms. The maximum Gasteiger partial charge on any atom is 0.270 e. The first-order chi connectivity index (χ1) is 10.1.